The second kappa shape index (κ2) is 7.75. The number of para-hydroxylation sites is 1. The van der Waals surface area contributed by atoms with E-state index in [-0.39, 0.29) is 6.61 Å². The molecule has 4 rings (SSSR count). The summed E-state index contributed by atoms with van der Waals surface area (Å²) in [6.45, 7) is -0.0220. The fraction of sp³-hybridized carbons (Fsp3) is 0.100. The molecule has 0 aliphatic rings. The van der Waals surface area contributed by atoms with E-state index in [0.717, 1.165) is 11.3 Å². The van der Waals surface area contributed by atoms with Crippen molar-refractivity contribution in [3.05, 3.63) is 78.6 Å². The molecule has 0 atom stereocenters. The summed E-state index contributed by atoms with van der Waals surface area (Å²) in [5.41, 5.74) is 2.63. The molecule has 0 amide bonds. The largest absolute Gasteiger partial charge is 0.496 e. The number of aromatic nitrogens is 4. The fourth-order valence-corrected chi connectivity index (χ4v) is 2.68. The second-order valence-corrected chi connectivity index (χ2v) is 5.84. The van der Waals surface area contributed by atoms with E-state index in [2.05, 4.69) is 15.2 Å². The molecule has 2 aromatic heterocycles. The van der Waals surface area contributed by atoms with Gasteiger partial charge in [-0.15, -0.1) is 0 Å². The average Bonchev–Trinajstić information content (AvgIpc) is 3.44. The molecule has 28 heavy (non-hydrogen) atoms. The van der Waals surface area contributed by atoms with Gasteiger partial charge in [-0.3, -0.25) is 0 Å². The van der Waals surface area contributed by atoms with Gasteiger partial charge in [0, 0.05) is 11.6 Å². The van der Waals surface area contributed by atoms with Crippen LogP contribution in [0.1, 0.15) is 16.1 Å². The molecule has 0 spiro atoms. The van der Waals surface area contributed by atoms with E-state index in [0.29, 0.717) is 22.8 Å². The summed E-state index contributed by atoms with van der Waals surface area (Å²) >= 11 is 0. The van der Waals surface area contributed by atoms with E-state index >= 15 is 0 Å². The van der Waals surface area contributed by atoms with Gasteiger partial charge in [-0.1, -0.05) is 17.3 Å². The summed E-state index contributed by atoms with van der Waals surface area (Å²) in [5.74, 6) is 0.667. The van der Waals surface area contributed by atoms with Crippen molar-refractivity contribution < 1.29 is 18.8 Å². The lowest BCUT2D eigenvalue weighted by molar-refractivity contribution is 0.0437. The molecule has 0 N–H and O–H groups in total. The molecule has 0 fully saturated rings. The van der Waals surface area contributed by atoms with Crippen molar-refractivity contribution in [2.45, 2.75) is 6.61 Å². The lowest BCUT2D eigenvalue weighted by Crippen LogP contribution is -2.05. The zero-order chi connectivity index (χ0) is 19.3. The number of carbonyl (C=O) groups excluding carboxylic acids is 1. The molecule has 8 nitrogen and oxygen atoms in total. The van der Waals surface area contributed by atoms with Gasteiger partial charge >= 0.3 is 5.97 Å². The Morgan fingerprint density at radius 2 is 1.96 bits per heavy atom. The highest BCUT2D eigenvalue weighted by molar-refractivity contribution is 5.89. The van der Waals surface area contributed by atoms with Gasteiger partial charge in [-0.2, -0.15) is 5.10 Å². The van der Waals surface area contributed by atoms with Crippen molar-refractivity contribution in [1.82, 2.24) is 19.9 Å². The average molecular weight is 376 g/mol. The molecule has 0 unspecified atom stereocenters. The van der Waals surface area contributed by atoms with Gasteiger partial charge in [0.25, 0.3) is 0 Å². The Bertz CT molecular complexity index is 1070. The first-order valence-corrected chi connectivity index (χ1v) is 8.46. The highest BCUT2D eigenvalue weighted by atomic mass is 16.5. The van der Waals surface area contributed by atoms with E-state index in [9.17, 15) is 4.79 Å². The van der Waals surface area contributed by atoms with Crippen LogP contribution in [0.25, 0.3) is 16.9 Å². The van der Waals surface area contributed by atoms with Crippen LogP contribution in [-0.4, -0.2) is 33.0 Å². The molecule has 4 aromatic rings. The molecule has 0 bridgehead atoms. The molecule has 0 saturated heterocycles. The van der Waals surface area contributed by atoms with Gasteiger partial charge in [0.05, 0.1) is 18.4 Å². The highest BCUT2D eigenvalue weighted by Crippen LogP contribution is 2.29. The Balaban J connectivity index is 1.41. The molecule has 8 heteroatoms. The van der Waals surface area contributed by atoms with Gasteiger partial charge in [-0.05, 0) is 36.4 Å². The first kappa shape index (κ1) is 17.5. The Hall–Kier alpha value is -3.94. The number of benzene rings is 2. The first-order valence-electron chi connectivity index (χ1n) is 8.46. The zero-order valence-electron chi connectivity index (χ0n) is 15.0. The van der Waals surface area contributed by atoms with Crippen molar-refractivity contribution in [3.8, 4) is 22.7 Å². The number of carbonyl (C=O) groups is 1. The molecule has 0 aliphatic carbocycles. The van der Waals surface area contributed by atoms with Gasteiger partial charge in [-0.25, -0.2) is 14.5 Å². The van der Waals surface area contributed by atoms with Crippen LogP contribution in [0.4, 0.5) is 0 Å². The topological polar surface area (TPSA) is 92.3 Å². The predicted molar refractivity (Wildman–Crippen MR) is 99.0 cm³/mol. The van der Waals surface area contributed by atoms with E-state index in [1.807, 2.05) is 24.3 Å². The van der Waals surface area contributed by atoms with Gasteiger partial charge < -0.3 is 14.0 Å². The molecule has 140 valence electrons. The maximum absolute atomic E-state index is 12.3. The molecule has 0 aliphatic heterocycles. The number of ether oxygens (including phenoxy) is 2. The third kappa shape index (κ3) is 3.61. The van der Waals surface area contributed by atoms with E-state index < -0.39 is 5.97 Å². The Morgan fingerprint density at radius 1 is 1.14 bits per heavy atom. The zero-order valence-corrected chi connectivity index (χ0v) is 15.0. The van der Waals surface area contributed by atoms with Crippen LogP contribution in [0.2, 0.25) is 0 Å². The number of esters is 1. The van der Waals surface area contributed by atoms with Crippen LogP contribution >= 0.6 is 0 Å². The van der Waals surface area contributed by atoms with E-state index in [1.54, 1.807) is 48.5 Å². The number of nitrogens with zero attached hydrogens (tertiary/aromatic N) is 4. The maximum atomic E-state index is 12.3. The third-order valence-electron chi connectivity index (χ3n) is 4.07. The predicted octanol–water partition coefficient (Wildman–Crippen LogP) is 3.29. The third-order valence-corrected chi connectivity index (χ3v) is 4.07. The first-order chi connectivity index (χ1) is 13.7. The molecular formula is C20H16N4O4. The van der Waals surface area contributed by atoms with Crippen LogP contribution in [0.5, 0.6) is 5.75 Å². The summed E-state index contributed by atoms with van der Waals surface area (Å²) in [7, 11) is 1.59. The minimum absolute atomic E-state index is 0.0220. The normalized spacial score (nSPS) is 10.6. The van der Waals surface area contributed by atoms with Gasteiger partial charge in [0.1, 0.15) is 24.1 Å². The smallest absolute Gasteiger partial charge is 0.338 e. The van der Waals surface area contributed by atoms with Crippen LogP contribution in [0.15, 0.2) is 71.8 Å². The number of rotatable bonds is 6. The summed E-state index contributed by atoms with van der Waals surface area (Å²) in [4.78, 5) is 16.1. The monoisotopic (exact) mass is 376 g/mol. The number of hydrogen-bond donors (Lipinski definition) is 0. The van der Waals surface area contributed by atoms with E-state index in [4.69, 9.17) is 14.0 Å². The fourth-order valence-electron chi connectivity index (χ4n) is 2.68. The van der Waals surface area contributed by atoms with Crippen molar-refractivity contribution in [3.63, 3.8) is 0 Å². The molecule has 0 radical (unpaired) electrons. The highest BCUT2D eigenvalue weighted by Gasteiger charge is 2.13. The van der Waals surface area contributed by atoms with Crippen LogP contribution in [-0.2, 0) is 11.3 Å². The quantitative estimate of drug-likeness (QED) is 0.477. The molecule has 2 heterocycles. The minimum atomic E-state index is -0.458. The van der Waals surface area contributed by atoms with Crippen LogP contribution in [0, 0.1) is 0 Å². The van der Waals surface area contributed by atoms with Gasteiger partial charge in [0.2, 0.25) is 0 Å². The second-order valence-electron chi connectivity index (χ2n) is 5.84. The minimum Gasteiger partial charge on any atom is -0.496 e. The van der Waals surface area contributed by atoms with E-state index in [1.165, 1.54) is 6.33 Å². The van der Waals surface area contributed by atoms with Gasteiger partial charge in [0.15, 0.2) is 12.4 Å². The standard InChI is InChI=1S/C20H16N4O4/c1-26-19-5-3-2-4-17(19)18-10-16(28-23-18)11-27-20(25)14-6-8-15(9-7-14)24-13-21-12-22-24/h2-10,12-13H,11H2,1H3. The Morgan fingerprint density at radius 3 is 2.71 bits per heavy atom. The van der Waals surface area contributed by atoms with Crippen molar-refractivity contribution >= 4 is 5.97 Å². The van der Waals surface area contributed by atoms with Crippen molar-refractivity contribution in [1.29, 1.82) is 0 Å². The number of hydrogen-bond acceptors (Lipinski definition) is 7. The van der Waals surface area contributed by atoms with Crippen molar-refractivity contribution in [2.24, 2.45) is 0 Å². The molecule has 0 saturated carbocycles. The summed E-state index contributed by atoms with van der Waals surface area (Å²) in [5, 5.41) is 8.06. The molecular weight excluding hydrogens is 360 g/mol. The molecule has 2 aromatic carbocycles. The SMILES string of the molecule is COc1ccccc1-c1cc(COC(=O)c2ccc(-n3cncn3)cc2)on1. The van der Waals surface area contributed by atoms with Crippen LogP contribution in [0.3, 0.4) is 0 Å². The maximum Gasteiger partial charge on any atom is 0.338 e. The lowest BCUT2D eigenvalue weighted by atomic mass is 10.1. The number of methoxy groups -OCH3 is 1. The Labute approximate surface area is 160 Å². The lowest BCUT2D eigenvalue weighted by Gasteiger charge is -2.04. The van der Waals surface area contributed by atoms with Crippen LogP contribution < -0.4 is 4.74 Å². The summed E-state index contributed by atoms with van der Waals surface area (Å²) in [6.07, 6.45) is 3.02. The summed E-state index contributed by atoms with van der Waals surface area (Å²) < 4.78 is 17.5. The van der Waals surface area contributed by atoms with Crippen molar-refractivity contribution in [2.75, 3.05) is 7.11 Å². The Kier molecular flexibility index (Phi) is 4.83. The summed E-state index contributed by atoms with van der Waals surface area (Å²) in [6, 6.07) is 16.1.